The van der Waals surface area contributed by atoms with E-state index in [0.29, 0.717) is 0 Å². The van der Waals surface area contributed by atoms with Crippen molar-refractivity contribution in [3.63, 3.8) is 0 Å². The van der Waals surface area contributed by atoms with Crippen molar-refractivity contribution in [2.75, 3.05) is 0 Å². The number of unbranched alkanes of at least 4 members (excludes halogenated alkanes) is 1. The summed E-state index contributed by atoms with van der Waals surface area (Å²) < 4.78 is 0. The second kappa shape index (κ2) is 13.1. The van der Waals surface area contributed by atoms with Gasteiger partial charge in [0.1, 0.15) is 0 Å². The minimum absolute atomic E-state index is 1.11. The highest BCUT2D eigenvalue weighted by Crippen LogP contribution is 2.21. The smallest absolute Gasteiger partial charge is 0.0204 e. The fraction of sp³-hybridized carbons (Fsp3) is 0.407. The Hall–Kier alpha value is -2.08. The molecule has 2 aromatic rings. The first-order chi connectivity index (χ1) is 12.7. The number of rotatable bonds is 4. The van der Waals surface area contributed by atoms with E-state index in [9.17, 15) is 0 Å². The minimum atomic E-state index is 1.11. The molecule has 148 valence electrons. The van der Waals surface area contributed by atoms with Crippen LogP contribution in [0.1, 0.15) is 80.8 Å². The largest absolute Gasteiger partial charge is 0.0955 e. The lowest BCUT2D eigenvalue weighted by atomic mass is 9.98. The van der Waals surface area contributed by atoms with Gasteiger partial charge in [-0.1, -0.05) is 94.3 Å². The Morgan fingerprint density at radius 1 is 0.704 bits per heavy atom. The van der Waals surface area contributed by atoms with Gasteiger partial charge >= 0.3 is 0 Å². The van der Waals surface area contributed by atoms with Crippen LogP contribution in [0, 0.1) is 20.8 Å². The molecule has 27 heavy (non-hydrogen) atoms. The summed E-state index contributed by atoms with van der Waals surface area (Å²) in [6, 6.07) is 13.0. The molecule has 0 bridgehead atoms. The van der Waals surface area contributed by atoms with Crippen molar-refractivity contribution in [2.45, 2.75) is 74.7 Å². The van der Waals surface area contributed by atoms with E-state index in [1.807, 2.05) is 13.8 Å². The van der Waals surface area contributed by atoms with Crippen molar-refractivity contribution in [3.05, 3.63) is 82.9 Å². The molecule has 0 spiro atoms. The Bertz CT molecular complexity index is 730. The van der Waals surface area contributed by atoms with Gasteiger partial charge in [-0.15, -0.1) is 0 Å². The number of allylic oxidation sites excluding steroid dienone is 2. The zero-order valence-electron chi connectivity index (χ0n) is 19.0. The van der Waals surface area contributed by atoms with Gasteiger partial charge in [0.2, 0.25) is 0 Å². The second-order valence-electron chi connectivity index (χ2n) is 7.36. The molecule has 0 saturated carbocycles. The first-order valence-corrected chi connectivity index (χ1v) is 10.2. The molecule has 0 N–H and O–H groups in total. The van der Waals surface area contributed by atoms with E-state index in [4.69, 9.17) is 0 Å². The van der Waals surface area contributed by atoms with Crippen molar-refractivity contribution in [2.24, 2.45) is 0 Å². The maximum absolute atomic E-state index is 3.94. The Morgan fingerprint density at radius 2 is 1.30 bits per heavy atom. The molecule has 0 aliphatic carbocycles. The number of hydrogen-bond donors (Lipinski definition) is 0. The molecule has 0 aliphatic rings. The molecule has 0 aromatic heterocycles. The summed E-state index contributed by atoms with van der Waals surface area (Å²) in [5, 5.41) is 0. The summed E-state index contributed by atoms with van der Waals surface area (Å²) in [7, 11) is 0. The van der Waals surface area contributed by atoms with Gasteiger partial charge < -0.3 is 0 Å². The molecule has 0 fully saturated rings. The lowest BCUT2D eigenvalue weighted by Crippen LogP contribution is -1.87. The third-order valence-corrected chi connectivity index (χ3v) is 4.66. The summed E-state index contributed by atoms with van der Waals surface area (Å²) in [6.45, 7) is 24.9. The SMILES string of the molecule is C=C(C)c1ccc(C(=C)C)c(C)c1.CCCC.CCc1ccc(C)c(C)c1. The van der Waals surface area contributed by atoms with Crippen LogP contribution in [-0.2, 0) is 6.42 Å². The topological polar surface area (TPSA) is 0 Å². The van der Waals surface area contributed by atoms with E-state index < -0.39 is 0 Å². The first-order valence-electron chi connectivity index (χ1n) is 10.2. The van der Waals surface area contributed by atoms with Crippen molar-refractivity contribution in [1.29, 1.82) is 0 Å². The van der Waals surface area contributed by atoms with E-state index >= 15 is 0 Å². The monoisotopic (exact) mass is 364 g/mol. The summed E-state index contributed by atoms with van der Waals surface area (Å²) in [5.74, 6) is 0. The van der Waals surface area contributed by atoms with Gasteiger partial charge in [0.05, 0.1) is 0 Å². The summed E-state index contributed by atoms with van der Waals surface area (Å²) in [5.41, 5.74) is 10.2. The van der Waals surface area contributed by atoms with Crippen LogP contribution in [0.25, 0.3) is 11.1 Å². The normalized spacial score (nSPS) is 9.48. The zero-order valence-corrected chi connectivity index (χ0v) is 19.0. The fourth-order valence-electron chi connectivity index (χ4n) is 2.43. The van der Waals surface area contributed by atoms with Gasteiger partial charge in [-0.05, 0) is 74.4 Å². The molecule has 0 aliphatic heterocycles. The molecule has 0 radical (unpaired) electrons. The van der Waals surface area contributed by atoms with E-state index in [2.05, 4.69) is 91.1 Å². The van der Waals surface area contributed by atoms with Gasteiger partial charge in [-0.25, -0.2) is 0 Å². The predicted molar refractivity (Wildman–Crippen MR) is 126 cm³/mol. The molecule has 2 aromatic carbocycles. The molecule has 0 heterocycles. The first kappa shape index (κ1) is 24.9. The summed E-state index contributed by atoms with van der Waals surface area (Å²) in [4.78, 5) is 0. The van der Waals surface area contributed by atoms with Gasteiger partial charge in [-0.2, -0.15) is 0 Å². The third-order valence-electron chi connectivity index (χ3n) is 4.66. The van der Waals surface area contributed by atoms with Crippen LogP contribution in [0.3, 0.4) is 0 Å². The van der Waals surface area contributed by atoms with E-state index in [-0.39, 0.29) is 0 Å². The van der Waals surface area contributed by atoms with Gasteiger partial charge in [0.15, 0.2) is 0 Å². The Balaban J connectivity index is 0.000000428. The fourth-order valence-corrected chi connectivity index (χ4v) is 2.43. The van der Waals surface area contributed by atoms with E-state index in [0.717, 1.165) is 17.6 Å². The Kier molecular flexibility index (Phi) is 12.1. The summed E-state index contributed by atoms with van der Waals surface area (Å²) >= 11 is 0. The van der Waals surface area contributed by atoms with Crippen LogP contribution in [0.15, 0.2) is 49.6 Å². The van der Waals surface area contributed by atoms with Gasteiger partial charge in [0.25, 0.3) is 0 Å². The molecule has 0 heteroatoms. The molecule has 0 nitrogen and oxygen atoms in total. The van der Waals surface area contributed by atoms with E-state index in [1.165, 1.54) is 46.2 Å². The summed E-state index contributed by atoms with van der Waals surface area (Å²) in [6.07, 6.45) is 3.78. The highest BCUT2D eigenvalue weighted by molar-refractivity contribution is 5.69. The standard InChI is InChI=1S/C13H16.C10H14.C4H10/c1-9(2)12-6-7-13(10(3)4)11(5)8-12;1-4-10-6-5-8(2)9(3)7-10;1-3-4-2/h6-8H,1,3H2,2,4-5H3;5-7H,4H2,1-3H3;3-4H2,1-2H3. The quantitative estimate of drug-likeness (QED) is 0.508. The van der Waals surface area contributed by atoms with Crippen molar-refractivity contribution >= 4 is 11.1 Å². The van der Waals surface area contributed by atoms with Crippen molar-refractivity contribution in [3.8, 4) is 0 Å². The number of benzene rings is 2. The molecule has 0 amide bonds. The Labute approximate surface area is 169 Å². The molecule has 0 saturated heterocycles. The maximum Gasteiger partial charge on any atom is -0.0204 e. The van der Waals surface area contributed by atoms with Crippen molar-refractivity contribution < 1.29 is 0 Å². The maximum atomic E-state index is 3.94. The van der Waals surface area contributed by atoms with Gasteiger partial charge in [0, 0.05) is 0 Å². The van der Waals surface area contributed by atoms with Crippen LogP contribution >= 0.6 is 0 Å². The lowest BCUT2D eigenvalue weighted by Gasteiger charge is -2.07. The molecule has 0 atom stereocenters. The van der Waals surface area contributed by atoms with E-state index in [1.54, 1.807) is 0 Å². The van der Waals surface area contributed by atoms with Gasteiger partial charge in [-0.3, -0.25) is 0 Å². The average molecular weight is 365 g/mol. The number of aryl methyl sites for hydroxylation is 4. The third kappa shape index (κ3) is 9.43. The average Bonchev–Trinajstić information content (AvgIpc) is 2.64. The van der Waals surface area contributed by atoms with Crippen LogP contribution in [0.2, 0.25) is 0 Å². The molecule has 0 unspecified atom stereocenters. The minimum Gasteiger partial charge on any atom is -0.0955 e. The van der Waals surface area contributed by atoms with Crippen LogP contribution in [0.5, 0.6) is 0 Å². The number of hydrogen-bond acceptors (Lipinski definition) is 0. The highest BCUT2D eigenvalue weighted by atomic mass is 14.1. The van der Waals surface area contributed by atoms with Crippen LogP contribution < -0.4 is 0 Å². The van der Waals surface area contributed by atoms with Crippen molar-refractivity contribution in [1.82, 2.24) is 0 Å². The molecule has 2 rings (SSSR count). The van der Waals surface area contributed by atoms with Crippen LogP contribution in [0.4, 0.5) is 0 Å². The second-order valence-corrected chi connectivity index (χ2v) is 7.36. The lowest BCUT2D eigenvalue weighted by molar-refractivity contribution is 0.886. The van der Waals surface area contributed by atoms with Crippen LogP contribution in [-0.4, -0.2) is 0 Å². The molecular weight excluding hydrogens is 324 g/mol. The zero-order chi connectivity index (χ0) is 21.0. The molecular formula is C27H40. The predicted octanol–water partition coefficient (Wildman–Crippen LogP) is 8.73. The highest BCUT2D eigenvalue weighted by Gasteiger charge is 2.00. The Morgan fingerprint density at radius 3 is 1.67 bits per heavy atom.